The summed E-state index contributed by atoms with van der Waals surface area (Å²) < 4.78 is 19.1. The molecule has 1 atom stereocenters. The zero-order valence-corrected chi connectivity index (χ0v) is 18.0. The number of hydrogen-bond donors (Lipinski definition) is 1. The van der Waals surface area contributed by atoms with Crippen molar-refractivity contribution in [2.75, 3.05) is 16.4 Å². The van der Waals surface area contributed by atoms with Crippen LogP contribution in [0.4, 0.5) is 15.8 Å². The predicted molar refractivity (Wildman–Crippen MR) is 121 cm³/mol. The zero-order chi connectivity index (χ0) is 22.1. The van der Waals surface area contributed by atoms with E-state index in [9.17, 15) is 14.0 Å². The molecule has 31 heavy (non-hydrogen) atoms. The maximum atomic E-state index is 13.7. The summed E-state index contributed by atoms with van der Waals surface area (Å²) in [5.74, 6) is -0.704. The normalized spacial score (nSPS) is 20.0. The maximum Gasteiger partial charge on any atom is 0.271 e. The lowest BCUT2D eigenvalue weighted by atomic mass is 9.96. The van der Waals surface area contributed by atoms with E-state index < -0.39 is 11.8 Å². The van der Waals surface area contributed by atoms with Gasteiger partial charge in [0, 0.05) is 17.9 Å². The molecule has 1 fully saturated rings. The van der Waals surface area contributed by atoms with E-state index in [2.05, 4.69) is 5.32 Å². The predicted octanol–water partition coefficient (Wildman–Crippen LogP) is 3.70. The first kappa shape index (κ1) is 21.0. The van der Waals surface area contributed by atoms with Gasteiger partial charge in [-0.25, -0.2) is 4.39 Å². The molecule has 8 heteroatoms. The number of fused-ring (bicyclic) bond motifs is 1. The van der Waals surface area contributed by atoms with E-state index in [-0.39, 0.29) is 22.5 Å². The lowest BCUT2D eigenvalue weighted by molar-refractivity contribution is -0.122. The molecular weight excluding hydrogens is 417 g/mol. The van der Waals surface area contributed by atoms with Crippen molar-refractivity contribution in [3.05, 3.63) is 65.6 Å². The minimum absolute atomic E-state index is 0.0190. The number of carbonyl (C=O) groups is 2. The van der Waals surface area contributed by atoms with Crippen molar-refractivity contribution in [1.82, 2.24) is 5.32 Å². The van der Waals surface area contributed by atoms with Crippen molar-refractivity contribution in [3.8, 4) is 5.75 Å². The van der Waals surface area contributed by atoms with Crippen LogP contribution < -0.4 is 19.9 Å². The van der Waals surface area contributed by atoms with Gasteiger partial charge >= 0.3 is 0 Å². The largest absolute Gasteiger partial charge is 0.494 e. The standard InChI is InChI=1S/C23H22FN3O3S/c1-3-30-18-9-7-17(8-10-18)27-22(29)19(21(28)25-23(27)31)13-26-14(2)4-5-15-12-16(24)6-11-20(15)26/h6-14H,3-5H2,1-2H3,(H,25,28,31). The first-order chi connectivity index (χ1) is 14.9. The van der Waals surface area contributed by atoms with Gasteiger partial charge in [-0.15, -0.1) is 0 Å². The van der Waals surface area contributed by atoms with Crippen LogP contribution >= 0.6 is 12.2 Å². The Morgan fingerprint density at radius 3 is 2.68 bits per heavy atom. The van der Waals surface area contributed by atoms with Crippen LogP contribution in [0.15, 0.2) is 54.2 Å². The zero-order valence-electron chi connectivity index (χ0n) is 17.2. The van der Waals surface area contributed by atoms with Gasteiger partial charge in [0.1, 0.15) is 17.1 Å². The molecule has 1 saturated heterocycles. The molecule has 2 amide bonds. The highest BCUT2D eigenvalue weighted by molar-refractivity contribution is 7.80. The van der Waals surface area contributed by atoms with Gasteiger partial charge in [0.25, 0.3) is 11.8 Å². The molecule has 6 nitrogen and oxygen atoms in total. The van der Waals surface area contributed by atoms with Gasteiger partial charge in [-0.3, -0.25) is 19.8 Å². The monoisotopic (exact) mass is 439 g/mol. The highest BCUT2D eigenvalue weighted by Gasteiger charge is 2.36. The van der Waals surface area contributed by atoms with Gasteiger partial charge in [0.2, 0.25) is 0 Å². The molecule has 2 aliphatic heterocycles. The highest BCUT2D eigenvalue weighted by Crippen LogP contribution is 2.33. The quantitative estimate of drug-likeness (QED) is 0.447. The van der Waals surface area contributed by atoms with Crippen molar-refractivity contribution in [1.29, 1.82) is 0 Å². The van der Waals surface area contributed by atoms with Gasteiger partial charge < -0.3 is 9.64 Å². The third-order valence-corrected chi connectivity index (χ3v) is 5.69. The number of benzene rings is 2. The number of hydrogen-bond acceptors (Lipinski definition) is 5. The van der Waals surface area contributed by atoms with Crippen LogP contribution in [0.5, 0.6) is 5.75 Å². The highest BCUT2D eigenvalue weighted by atomic mass is 32.1. The third kappa shape index (κ3) is 4.03. The van der Waals surface area contributed by atoms with Crippen molar-refractivity contribution < 1.29 is 18.7 Å². The summed E-state index contributed by atoms with van der Waals surface area (Å²) in [6, 6.07) is 11.5. The van der Waals surface area contributed by atoms with Gasteiger partial charge in [-0.2, -0.15) is 0 Å². The Bertz CT molecular complexity index is 1080. The summed E-state index contributed by atoms with van der Waals surface area (Å²) in [5.41, 5.74) is 2.12. The summed E-state index contributed by atoms with van der Waals surface area (Å²) in [6.45, 7) is 4.42. The number of thiocarbonyl (C=S) groups is 1. The molecule has 2 aromatic carbocycles. The Labute approximate surface area is 185 Å². The number of aryl methyl sites for hydroxylation is 1. The fourth-order valence-electron chi connectivity index (χ4n) is 3.82. The van der Waals surface area contributed by atoms with Crippen molar-refractivity contribution in [2.24, 2.45) is 0 Å². The van der Waals surface area contributed by atoms with Gasteiger partial charge in [0.05, 0.1) is 12.3 Å². The molecule has 2 heterocycles. The van der Waals surface area contributed by atoms with E-state index in [1.807, 2.05) is 18.7 Å². The lowest BCUT2D eigenvalue weighted by Gasteiger charge is -2.36. The molecule has 0 spiro atoms. The van der Waals surface area contributed by atoms with E-state index in [4.69, 9.17) is 17.0 Å². The minimum Gasteiger partial charge on any atom is -0.494 e. The number of rotatable bonds is 4. The van der Waals surface area contributed by atoms with E-state index in [0.29, 0.717) is 18.0 Å². The molecule has 2 aromatic rings. The van der Waals surface area contributed by atoms with Crippen molar-refractivity contribution in [2.45, 2.75) is 32.7 Å². The molecule has 4 rings (SSSR count). The van der Waals surface area contributed by atoms with E-state index in [0.717, 1.165) is 24.1 Å². The molecular formula is C23H22FN3O3S. The van der Waals surface area contributed by atoms with Gasteiger partial charge in [-0.1, -0.05) is 0 Å². The number of nitrogens with zero attached hydrogens (tertiary/aromatic N) is 2. The summed E-state index contributed by atoms with van der Waals surface area (Å²) in [7, 11) is 0. The maximum absolute atomic E-state index is 13.7. The average Bonchev–Trinajstić information content (AvgIpc) is 2.73. The Balaban J connectivity index is 1.70. The number of halogens is 1. The van der Waals surface area contributed by atoms with Crippen LogP contribution in [0.25, 0.3) is 0 Å². The minimum atomic E-state index is -0.557. The summed E-state index contributed by atoms with van der Waals surface area (Å²) in [5, 5.41) is 2.62. The van der Waals surface area contributed by atoms with Crippen molar-refractivity contribution >= 4 is 40.5 Å². The van der Waals surface area contributed by atoms with Crippen LogP contribution in [-0.2, 0) is 16.0 Å². The van der Waals surface area contributed by atoms with E-state index >= 15 is 0 Å². The van der Waals surface area contributed by atoms with Crippen LogP contribution in [0.3, 0.4) is 0 Å². The summed E-state index contributed by atoms with van der Waals surface area (Å²) >= 11 is 5.26. The van der Waals surface area contributed by atoms with Crippen molar-refractivity contribution in [3.63, 3.8) is 0 Å². The molecule has 160 valence electrons. The molecule has 0 radical (unpaired) electrons. The summed E-state index contributed by atoms with van der Waals surface area (Å²) in [4.78, 5) is 29.1. The third-order valence-electron chi connectivity index (χ3n) is 5.40. The van der Waals surface area contributed by atoms with Gasteiger partial charge in [0.15, 0.2) is 5.11 Å². The smallest absolute Gasteiger partial charge is 0.271 e. The molecule has 0 bridgehead atoms. The molecule has 0 saturated carbocycles. The molecule has 1 N–H and O–H groups in total. The molecule has 0 aromatic heterocycles. The Hall–Kier alpha value is -3.26. The van der Waals surface area contributed by atoms with Crippen LogP contribution in [0, 0.1) is 5.82 Å². The average molecular weight is 440 g/mol. The van der Waals surface area contributed by atoms with Crippen LogP contribution in [-0.4, -0.2) is 29.6 Å². The molecule has 0 aliphatic carbocycles. The van der Waals surface area contributed by atoms with E-state index in [1.165, 1.54) is 17.0 Å². The Morgan fingerprint density at radius 1 is 1.23 bits per heavy atom. The first-order valence-electron chi connectivity index (χ1n) is 10.1. The number of ether oxygens (including phenoxy) is 1. The fraction of sp³-hybridized carbons (Fsp3) is 0.261. The number of amides is 2. The number of nitrogens with one attached hydrogen (secondary N) is 1. The molecule has 2 aliphatic rings. The van der Waals surface area contributed by atoms with Crippen LogP contribution in [0.1, 0.15) is 25.8 Å². The van der Waals surface area contributed by atoms with Gasteiger partial charge in [-0.05, 0) is 86.9 Å². The summed E-state index contributed by atoms with van der Waals surface area (Å²) in [6.07, 6.45) is 3.05. The second-order valence-electron chi connectivity index (χ2n) is 7.44. The number of anilines is 2. The topological polar surface area (TPSA) is 61.9 Å². The SMILES string of the molecule is CCOc1ccc(N2C(=O)C(=CN3c4ccc(F)cc4CCC3C)C(=O)NC2=S)cc1. The number of carbonyl (C=O) groups excluding carboxylic acids is 2. The first-order valence-corrected chi connectivity index (χ1v) is 10.5. The van der Waals surface area contributed by atoms with E-state index in [1.54, 1.807) is 36.5 Å². The Morgan fingerprint density at radius 2 is 1.97 bits per heavy atom. The second kappa shape index (κ2) is 8.47. The lowest BCUT2D eigenvalue weighted by Crippen LogP contribution is -2.55. The Kier molecular flexibility index (Phi) is 5.73. The fourth-order valence-corrected chi connectivity index (χ4v) is 4.10. The van der Waals surface area contributed by atoms with Crippen LogP contribution in [0.2, 0.25) is 0 Å². The second-order valence-corrected chi connectivity index (χ2v) is 7.82. The molecule has 1 unspecified atom stereocenters.